The van der Waals surface area contributed by atoms with E-state index >= 15 is 0 Å². The number of anilines is 2. The molecule has 0 spiro atoms. The summed E-state index contributed by atoms with van der Waals surface area (Å²) in [5, 5.41) is 8.75. The first-order valence-electron chi connectivity index (χ1n) is 10.7. The molecule has 1 amide bonds. The van der Waals surface area contributed by atoms with Crippen LogP contribution < -0.4 is 10.2 Å². The zero-order valence-corrected chi connectivity index (χ0v) is 18.0. The molecule has 0 saturated carbocycles. The molecule has 5 rings (SSSR count). The van der Waals surface area contributed by atoms with Crippen molar-refractivity contribution in [1.29, 1.82) is 0 Å². The highest BCUT2D eigenvalue weighted by Crippen LogP contribution is 2.31. The van der Waals surface area contributed by atoms with Crippen LogP contribution in [0.15, 0.2) is 48.8 Å². The zero-order valence-electron chi connectivity index (χ0n) is 18.0. The summed E-state index contributed by atoms with van der Waals surface area (Å²) in [7, 11) is 0. The Hall–Kier alpha value is -3.75. The number of hydrogen-bond acceptors (Lipinski definition) is 6. The van der Waals surface area contributed by atoms with Gasteiger partial charge in [0.2, 0.25) is 5.91 Å². The number of carbonyl (C=O) groups excluding carboxylic acids is 1. The Morgan fingerprint density at radius 1 is 1.09 bits per heavy atom. The summed E-state index contributed by atoms with van der Waals surface area (Å²) in [5.41, 5.74) is 2.37. The molecule has 0 radical (unpaired) electrons. The molecule has 1 N–H and O–H groups in total. The van der Waals surface area contributed by atoms with E-state index in [-0.39, 0.29) is 17.8 Å². The average Bonchev–Trinajstić information content (AvgIpc) is 3.28. The summed E-state index contributed by atoms with van der Waals surface area (Å²) < 4.78 is 15.6. The molecule has 0 bridgehead atoms. The SMILES string of the molecule is CC(=O)N1CCN(c2nc3cc(F)ccc3cc2[C@H](C)Nc2ccnc3ccnn23)CC1. The van der Waals surface area contributed by atoms with Crippen LogP contribution in [-0.4, -0.2) is 56.6 Å². The van der Waals surface area contributed by atoms with Crippen molar-refractivity contribution in [1.82, 2.24) is 24.5 Å². The molecule has 4 heterocycles. The molecular formula is C23H24FN7O. The van der Waals surface area contributed by atoms with Gasteiger partial charge in [-0.3, -0.25) is 4.79 Å². The molecule has 1 aromatic carbocycles. The monoisotopic (exact) mass is 433 g/mol. The van der Waals surface area contributed by atoms with E-state index in [1.807, 2.05) is 17.0 Å². The van der Waals surface area contributed by atoms with Gasteiger partial charge in [-0.05, 0) is 31.2 Å². The number of carbonyl (C=O) groups is 1. The summed E-state index contributed by atoms with van der Waals surface area (Å²) in [4.78, 5) is 24.9. The molecule has 3 aromatic heterocycles. The van der Waals surface area contributed by atoms with Crippen LogP contribution in [0.25, 0.3) is 16.6 Å². The summed E-state index contributed by atoms with van der Waals surface area (Å²) >= 11 is 0. The molecule has 32 heavy (non-hydrogen) atoms. The second-order valence-corrected chi connectivity index (χ2v) is 8.03. The lowest BCUT2D eigenvalue weighted by Gasteiger charge is -2.36. The molecule has 4 aromatic rings. The number of amides is 1. The maximum absolute atomic E-state index is 13.9. The number of rotatable bonds is 4. The van der Waals surface area contributed by atoms with Gasteiger partial charge in [-0.2, -0.15) is 9.61 Å². The number of halogens is 1. The van der Waals surface area contributed by atoms with Crippen LogP contribution in [0.1, 0.15) is 25.5 Å². The van der Waals surface area contributed by atoms with E-state index in [9.17, 15) is 9.18 Å². The van der Waals surface area contributed by atoms with Gasteiger partial charge in [0.1, 0.15) is 17.5 Å². The Morgan fingerprint density at radius 3 is 2.69 bits per heavy atom. The van der Waals surface area contributed by atoms with Gasteiger partial charge < -0.3 is 15.1 Å². The maximum Gasteiger partial charge on any atom is 0.219 e. The van der Waals surface area contributed by atoms with Gasteiger partial charge in [0.15, 0.2) is 5.65 Å². The molecule has 0 aliphatic carbocycles. The van der Waals surface area contributed by atoms with Crippen molar-refractivity contribution in [2.75, 3.05) is 36.4 Å². The normalized spacial score (nSPS) is 15.3. The average molecular weight is 433 g/mol. The molecule has 1 fully saturated rings. The molecule has 1 aliphatic rings. The number of aromatic nitrogens is 4. The van der Waals surface area contributed by atoms with Crippen molar-refractivity contribution in [2.45, 2.75) is 19.9 Å². The summed E-state index contributed by atoms with van der Waals surface area (Å²) in [5.74, 6) is 1.39. The van der Waals surface area contributed by atoms with Gasteiger partial charge in [-0.15, -0.1) is 0 Å². The molecular weight excluding hydrogens is 409 g/mol. The van der Waals surface area contributed by atoms with Gasteiger partial charge in [-0.1, -0.05) is 0 Å². The van der Waals surface area contributed by atoms with E-state index < -0.39 is 0 Å². The second-order valence-electron chi connectivity index (χ2n) is 8.03. The van der Waals surface area contributed by atoms with Crippen molar-refractivity contribution in [3.8, 4) is 0 Å². The number of fused-ring (bicyclic) bond motifs is 2. The van der Waals surface area contributed by atoms with Crippen LogP contribution in [0.5, 0.6) is 0 Å². The number of hydrogen-bond donors (Lipinski definition) is 1. The number of nitrogens with one attached hydrogen (secondary N) is 1. The quantitative estimate of drug-likeness (QED) is 0.532. The Bertz CT molecular complexity index is 1300. The van der Waals surface area contributed by atoms with E-state index in [0.29, 0.717) is 31.7 Å². The molecule has 1 aliphatic heterocycles. The van der Waals surface area contributed by atoms with E-state index in [4.69, 9.17) is 4.98 Å². The fourth-order valence-corrected chi connectivity index (χ4v) is 4.19. The molecule has 0 unspecified atom stereocenters. The largest absolute Gasteiger partial charge is 0.363 e. The lowest BCUT2D eigenvalue weighted by molar-refractivity contribution is -0.129. The molecule has 1 saturated heterocycles. The topological polar surface area (TPSA) is 78.7 Å². The number of benzene rings is 1. The van der Waals surface area contributed by atoms with Gasteiger partial charge in [0.05, 0.1) is 17.8 Å². The second kappa shape index (κ2) is 8.07. The fourth-order valence-electron chi connectivity index (χ4n) is 4.19. The highest BCUT2D eigenvalue weighted by atomic mass is 19.1. The zero-order chi connectivity index (χ0) is 22.2. The van der Waals surface area contributed by atoms with Crippen molar-refractivity contribution in [3.05, 3.63) is 60.2 Å². The lowest BCUT2D eigenvalue weighted by Crippen LogP contribution is -2.48. The van der Waals surface area contributed by atoms with Crippen LogP contribution in [0.4, 0.5) is 16.0 Å². The predicted octanol–water partition coefficient (Wildman–Crippen LogP) is 3.26. The van der Waals surface area contributed by atoms with Gasteiger partial charge in [-0.25, -0.2) is 14.4 Å². The number of nitrogens with zero attached hydrogens (tertiary/aromatic N) is 6. The first kappa shape index (κ1) is 20.2. The molecule has 8 nitrogen and oxygen atoms in total. The highest BCUT2D eigenvalue weighted by Gasteiger charge is 2.24. The third-order valence-corrected chi connectivity index (χ3v) is 5.93. The van der Waals surface area contributed by atoms with Crippen LogP contribution >= 0.6 is 0 Å². The number of pyridine rings is 1. The van der Waals surface area contributed by atoms with Gasteiger partial charge in [0, 0.05) is 62.4 Å². The summed E-state index contributed by atoms with van der Waals surface area (Å²) in [6, 6.07) is 10.4. The standard InChI is InChI=1S/C23H24FN7O/c1-15(27-22-5-7-25-21-6-8-26-31(21)22)19-13-17-3-4-18(24)14-20(17)28-23(19)30-11-9-29(10-12-30)16(2)32/h3-8,13-15,27H,9-12H2,1-2H3/t15-/m0/s1. The van der Waals surface area contributed by atoms with Crippen molar-refractivity contribution >= 4 is 34.1 Å². The third-order valence-electron chi connectivity index (χ3n) is 5.93. The van der Waals surface area contributed by atoms with Crippen LogP contribution in [-0.2, 0) is 4.79 Å². The predicted molar refractivity (Wildman–Crippen MR) is 121 cm³/mol. The first-order chi connectivity index (χ1) is 15.5. The summed E-state index contributed by atoms with van der Waals surface area (Å²) in [6.45, 7) is 6.28. The Balaban J connectivity index is 1.53. The highest BCUT2D eigenvalue weighted by molar-refractivity contribution is 5.82. The van der Waals surface area contributed by atoms with Crippen molar-refractivity contribution in [3.63, 3.8) is 0 Å². The Morgan fingerprint density at radius 2 is 1.91 bits per heavy atom. The minimum absolute atomic E-state index is 0.0781. The third kappa shape index (κ3) is 3.70. The lowest BCUT2D eigenvalue weighted by atomic mass is 10.0. The Kier molecular flexibility index (Phi) is 5.08. The number of piperazine rings is 1. The molecule has 9 heteroatoms. The van der Waals surface area contributed by atoms with Crippen LogP contribution in [0.2, 0.25) is 0 Å². The van der Waals surface area contributed by atoms with E-state index in [2.05, 4.69) is 33.3 Å². The minimum Gasteiger partial charge on any atom is -0.363 e. The smallest absolute Gasteiger partial charge is 0.219 e. The summed E-state index contributed by atoms with van der Waals surface area (Å²) in [6.07, 6.45) is 3.46. The van der Waals surface area contributed by atoms with Crippen molar-refractivity contribution in [2.24, 2.45) is 0 Å². The van der Waals surface area contributed by atoms with E-state index in [0.717, 1.165) is 28.2 Å². The van der Waals surface area contributed by atoms with Crippen LogP contribution in [0.3, 0.4) is 0 Å². The molecule has 1 atom stereocenters. The fraction of sp³-hybridized carbons (Fsp3) is 0.304. The van der Waals surface area contributed by atoms with Gasteiger partial charge >= 0.3 is 0 Å². The minimum atomic E-state index is -0.311. The van der Waals surface area contributed by atoms with Crippen LogP contribution in [0, 0.1) is 5.82 Å². The first-order valence-corrected chi connectivity index (χ1v) is 10.7. The molecule has 164 valence electrons. The Labute approximate surface area is 184 Å². The van der Waals surface area contributed by atoms with E-state index in [1.54, 1.807) is 29.9 Å². The maximum atomic E-state index is 13.9. The van der Waals surface area contributed by atoms with E-state index in [1.165, 1.54) is 12.1 Å². The van der Waals surface area contributed by atoms with Crippen molar-refractivity contribution < 1.29 is 9.18 Å². The van der Waals surface area contributed by atoms with Gasteiger partial charge in [0.25, 0.3) is 0 Å².